The van der Waals surface area contributed by atoms with E-state index in [9.17, 15) is 9.59 Å². The van der Waals surface area contributed by atoms with Crippen molar-refractivity contribution < 1.29 is 19.1 Å². The molecule has 0 unspecified atom stereocenters. The van der Waals surface area contributed by atoms with Crippen LogP contribution in [0.3, 0.4) is 0 Å². The van der Waals surface area contributed by atoms with Gasteiger partial charge in [0.05, 0.1) is 4.70 Å². The highest BCUT2D eigenvalue weighted by Crippen LogP contribution is 2.27. The summed E-state index contributed by atoms with van der Waals surface area (Å²) in [5, 5.41) is 9.04. The molecule has 20 heavy (non-hydrogen) atoms. The zero-order valence-corrected chi connectivity index (χ0v) is 10.7. The number of carboxylic acids is 1. The van der Waals surface area contributed by atoms with Gasteiger partial charge in [-0.25, -0.2) is 14.6 Å². The van der Waals surface area contributed by atoms with Gasteiger partial charge in [0.15, 0.2) is 5.58 Å². The molecule has 6 nitrogen and oxygen atoms in total. The number of carboxylic acid groups (broad SMARTS) is 1. The van der Waals surface area contributed by atoms with E-state index in [2.05, 4.69) is 4.98 Å². The van der Waals surface area contributed by atoms with E-state index in [1.807, 2.05) is 0 Å². The third kappa shape index (κ3) is 2.26. The van der Waals surface area contributed by atoms with Gasteiger partial charge >= 0.3 is 10.9 Å². The molecule has 0 radical (unpaired) electrons. The van der Waals surface area contributed by atoms with E-state index < -0.39 is 10.9 Å². The number of pyridine rings is 1. The standard InChI is InChI=1S/C13H7NO5S/c15-12(16)8-2-1-5-14-11(8)18-7-3-4-10-9(6-7)19-13(17)20-10/h1-6H,(H,15,16). The molecule has 3 aromatic rings. The maximum atomic E-state index is 11.1. The van der Waals surface area contributed by atoms with Gasteiger partial charge in [0.1, 0.15) is 11.3 Å². The van der Waals surface area contributed by atoms with Gasteiger partial charge in [-0.3, -0.25) is 0 Å². The van der Waals surface area contributed by atoms with Gasteiger partial charge in [-0.15, -0.1) is 0 Å². The molecule has 7 heteroatoms. The molecule has 100 valence electrons. The number of nitrogens with zero attached hydrogens (tertiary/aromatic N) is 1. The van der Waals surface area contributed by atoms with Gasteiger partial charge < -0.3 is 14.3 Å². The highest BCUT2D eigenvalue weighted by atomic mass is 32.1. The van der Waals surface area contributed by atoms with E-state index in [4.69, 9.17) is 14.3 Å². The lowest BCUT2D eigenvalue weighted by molar-refractivity contribution is 0.0693. The van der Waals surface area contributed by atoms with Crippen LogP contribution < -0.4 is 9.68 Å². The lowest BCUT2D eigenvalue weighted by Gasteiger charge is -2.06. The molecule has 1 N–H and O–H groups in total. The highest BCUT2D eigenvalue weighted by molar-refractivity contribution is 7.16. The molecular weight excluding hydrogens is 282 g/mol. The van der Waals surface area contributed by atoms with Gasteiger partial charge in [-0.1, -0.05) is 11.3 Å². The Hall–Kier alpha value is -2.67. The first-order valence-electron chi connectivity index (χ1n) is 5.53. The molecule has 0 saturated carbocycles. The van der Waals surface area contributed by atoms with E-state index in [0.717, 1.165) is 11.3 Å². The first-order valence-corrected chi connectivity index (χ1v) is 6.35. The maximum Gasteiger partial charge on any atom is 0.396 e. The SMILES string of the molecule is O=C(O)c1cccnc1Oc1ccc2sc(=O)oc2c1. The van der Waals surface area contributed by atoms with Crippen LogP contribution >= 0.6 is 11.3 Å². The van der Waals surface area contributed by atoms with Gasteiger partial charge in [0.2, 0.25) is 5.88 Å². The average Bonchev–Trinajstić information content (AvgIpc) is 2.78. The molecule has 0 aliphatic carbocycles. The fraction of sp³-hybridized carbons (Fsp3) is 0. The Labute approximate surface area is 115 Å². The average molecular weight is 289 g/mol. The zero-order valence-electron chi connectivity index (χ0n) is 9.90. The summed E-state index contributed by atoms with van der Waals surface area (Å²) in [6, 6.07) is 7.72. The Bertz CT molecular complexity index is 851. The number of fused-ring (bicyclic) bond motifs is 1. The highest BCUT2D eigenvalue weighted by Gasteiger charge is 2.13. The fourth-order valence-corrected chi connectivity index (χ4v) is 2.31. The molecule has 0 saturated heterocycles. The van der Waals surface area contributed by atoms with Crippen molar-refractivity contribution in [1.82, 2.24) is 4.98 Å². The van der Waals surface area contributed by atoms with Crippen LogP contribution in [0.1, 0.15) is 10.4 Å². The van der Waals surface area contributed by atoms with Gasteiger partial charge in [-0.05, 0) is 24.3 Å². The number of carbonyl (C=O) groups is 1. The molecule has 0 bridgehead atoms. The Morgan fingerprint density at radius 1 is 1.35 bits per heavy atom. The largest absolute Gasteiger partial charge is 0.477 e. The van der Waals surface area contributed by atoms with Crippen molar-refractivity contribution >= 4 is 27.6 Å². The van der Waals surface area contributed by atoms with Crippen molar-refractivity contribution in [2.75, 3.05) is 0 Å². The Kier molecular flexibility index (Phi) is 2.96. The third-order valence-corrected chi connectivity index (χ3v) is 3.33. The molecule has 0 fully saturated rings. The molecule has 0 aliphatic rings. The fourth-order valence-electron chi connectivity index (χ4n) is 1.66. The summed E-state index contributed by atoms with van der Waals surface area (Å²) < 4.78 is 11.1. The van der Waals surface area contributed by atoms with Crippen LogP contribution in [-0.2, 0) is 0 Å². The first-order chi connectivity index (χ1) is 9.63. The van der Waals surface area contributed by atoms with Crippen LogP contribution in [0.15, 0.2) is 45.7 Å². The zero-order chi connectivity index (χ0) is 14.1. The lowest BCUT2D eigenvalue weighted by atomic mass is 10.3. The molecule has 1 aromatic carbocycles. The Morgan fingerprint density at radius 3 is 3.00 bits per heavy atom. The first kappa shape index (κ1) is 12.4. The number of aromatic carboxylic acids is 1. The summed E-state index contributed by atoms with van der Waals surface area (Å²) in [6.45, 7) is 0. The molecule has 0 aliphatic heterocycles. The van der Waals surface area contributed by atoms with Gasteiger partial charge in [-0.2, -0.15) is 0 Å². The predicted octanol–water partition coefficient (Wildman–Crippen LogP) is 2.74. The van der Waals surface area contributed by atoms with E-state index in [1.54, 1.807) is 12.1 Å². The second-order valence-corrected chi connectivity index (χ2v) is 4.80. The molecule has 0 atom stereocenters. The van der Waals surface area contributed by atoms with Crippen molar-refractivity contribution in [3.63, 3.8) is 0 Å². The van der Waals surface area contributed by atoms with Crippen molar-refractivity contribution in [2.45, 2.75) is 0 Å². The maximum absolute atomic E-state index is 11.1. The number of ether oxygens (including phenoxy) is 1. The summed E-state index contributed by atoms with van der Waals surface area (Å²) in [4.78, 5) is 25.7. The summed E-state index contributed by atoms with van der Waals surface area (Å²) in [5.74, 6) is -0.798. The van der Waals surface area contributed by atoms with Crippen LogP contribution in [0.4, 0.5) is 0 Å². The predicted molar refractivity (Wildman–Crippen MR) is 71.6 cm³/mol. The van der Waals surface area contributed by atoms with Crippen LogP contribution in [0.5, 0.6) is 11.6 Å². The van der Waals surface area contributed by atoms with Crippen LogP contribution in [-0.4, -0.2) is 16.1 Å². The number of aromatic nitrogens is 1. The van der Waals surface area contributed by atoms with Crippen LogP contribution in [0.25, 0.3) is 10.3 Å². The smallest absolute Gasteiger partial charge is 0.396 e. The monoisotopic (exact) mass is 289 g/mol. The van der Waals surface area contributed by atoms with E-state index in [1.165, 1.54) is 24.4 Å². The topological polar surface area (TPSA) is 89.6 Å². The molecule has 2 heterocycles. The van der Waals surface area contributed by atoms with Gasteiger partial charge in [0, 0.05) is 12.3 Å². The molecule has 0 spiro atoms. The van der Waals surface area contributed by atoms with Crippen molar-refractivity contribution in [3.05, 3.63) is 51.8 Å². The van der Waals surface area contributed by atoms with Crippen molar-refractivity contribution in [1.29, 1.82) is 0 Å². The minimum atomic E-state index is -1.13. The summed E-state index contributed by atoms with van der Waals surface area (Å²) in [6.07, 6.45) is 1.44. The second-order valence-electron chi connectivity index (χ2n) is 3.83. The van der Waals surface area contributed by atoms with Crippen LogP contribution in [0, 0.1) is 0 Å². The minimum absolute atomic E-state index is 0.0167. The molecule has 3 rings (SSSR count). The quantitative estimate of drug-likeness (QED) is 0.797. The summed E-state index contributed by atoms with van der Waals surface area (Å²) in [5.41, 5.74) is 0.352. The second kappa shape index (κ2) is 4.78. The number of benzene rings is 1. The summed E-state index contributed by atoms with van der Waals surface area (Å²) >= 11 is 0.988. The Morgan fingerprint density at radius 2 is 2.20 bits per heavy atom. The number of hydrogen-bond acceptors (Lipinski definition) is 6. The van der Waals surface area contributed by atoms with E-state index in [-0.39, 0.29) is 11.4 Å². The third-order valence-electron chi connectivity index (χ3n) is 2.52. The molecule has 2 aromatic heterocycles. The normalized spacial score (nSPS) is 10.6. The summed E-state index contributed by atoms with van der Waals surface area (Å²) in [7, 11) is 0. The minimum Gasteiger partial charge on any atom is -0.477 e. The molecular formula is C13H7NO5S. The molecule has 0 amide bonds. The van der Waals surface area contributed by atoms with Crippen molar-refractivity contribution in [3.8, 4) is 11.6 Å². The van der Waals surface area contributed by atoms with E-state index >= 15 is 0 Å². The Balaban J connectivity index is 2.00. The van der Waals surface area contributed by atoms with Gasteiger partial charge in [0.25, 0.3) is 0 Å². The lowest BCUT2D eigenvalue weighted by Crippen LogP contribution is -2.01. The van der Waals surface area contributed by atoms with E-state index in [0.29, 0.717) is 16.0 Å². The van der Waals surface area contributed by atoms with Crippen molar-refractivity contribution in [2.24, 2.45) is 0 Å². The van der Waals surface area contributed by atoms with Crippen LogP contribution in [0.2, 0.25) is 0 Å². The number of rotatable bonds is 3. The number of hydrogen-bond donors (Lipinski definition) is 1.